The summed E-state index contributed by atoms with van der Waals surface area (Å²) in [5.41, 5.74) is 0.963. The molecule has 0 aliphatic rings. The van der Waals surface area contributed by atoms with E-state index in [9.17, 15) is 4.79 Å². The van der Waals surface area contributed by atoms with E-state index in [1.165, 1.54) is 0 Å². The fourth-order valence-electron chi connectivity index (χ4n) is 1.61. The average Bonchev–Trinajstić information content (AvgIpc) is 2.24. The van der Waals surface area contributed by atoms with Crippen molar-refractivity contribution in [1.82, 2.24) is 5.32 Å². The van der Waals surface area contributed by atoms with Crippen LogP contribution < -0.4 is 10.1 Å². The van der Waals surface area contributed by atoms with Gasteiger partial charge in [0.15, 0.2) is 0 Å². The van der Waals surface area contributed by atoms with Crippen LogP contribution in [-0.2, 0) is 4.79 Å². The molecule has 3 nitrogen and oxygen atoms in total. The van der Waals surface area contributed by atoms with Crippen molar-refractivity contribution in [2.45, 2.75) is 46.1 Å². The Morgan fingerprint density at radius 2 is 1.94 bits per heavy atom. The van der Waals surface area contributed by atoms with Crippen LogP contribution in [0.2, 0.25) is 0 Å². The van der Waals surface area contributed by atoms with Crippen LogP contribution in [0.25, 0.3) is 0 Å². The van der Waals surface area contributed by atoms with Crippen LogP contribution in [0, 0.1) is 6.92 Å². The Balaban J connectivity index is 2.23. The third-order valence-corrected chi connectivity index (χ3v) is 2.41. The minimum atomic E-state index is -0.159. The largest absolute Gasteiger partial charge is 0.493 e. The lowest BCUT2D eigenvalue weighted by molar-refractivity contribution is -0.122. The third kappa shape index (κ3) is 5.71. The summed E-state index contributed by atoms with van der Waals surface area (Å²) in [4.78, 5) is 11.6. The van der Waals surface area contributed by atoms with Crippen LogP contribution in [0.4, 0.5) is 0 Å². The van der Waals surface area contributed by atoms with E-state index in [0.29, 0.717) is 13.0 Å². The number of para-hydroxylation sites is 1. The second kappa shape index (κ2) is 6.43. The van der Waals surface area contributed by atoms with Crippen molar-refractivity contribution in [1.29, 1.82) is 0 Å². The van der Waals surface area contributed by atoms with Gasteiger partial charge in [-0.1, -0.05) is 18.2 Å². The Kier molecular flexibility index (Phi) is 5.20. The summed E-state index contributed by atoms with van der Waals surface area (Å²) in [6.45, 7) is 8.53. The predicted octanol–water partition coefficient (Wildman–Crippen LogP) is 3.07. The number of carbonyl (C=O) groups is 1. The zero-order chi connectivity index (χ0) is 13.6. The highest BCUT2D eigenvalue weighted by atomic mass is 16.5. The molecule has 1 amide bonds. The lowest BCUT2D eigenvalue weighted by atomic mass is 10.1. The highest BCUT2D eigenvalue weighted by molar-refractivity contribution is 5.76. The summed E-state index contributed by atoms with van der Waals surface area (Å²) >= 11 is 0. The normalized spacial score (nSPS) is 11.1. The minimum absolute atomic E-state index is 0.0795. The summed E-state index contributed by atoms with van der Waals surface area (Å²) in [5, 5.41) is 2.93. The molecule has 0 radical (unpaired) electrons. The zero-order valence-corrected chi connectivity index (χ0v) is 11.7. The summed E-state index contributed by atoms with van der Waals surface area (Å²) in [6.07, 6.45) is 1.24. The Labute approximate surface area is 110 Å². The Morgan fingerprint density at radius 3 is 2.56 bits per heavy atom. The molecule has 0 fully saturated rings. The van der Waals surface area contributed by atoms with Gasteiger partial charge in [-0.3, -0.25) is 4.79 Å². The molecule has 0 aromatic heterocycles. The second-order valence-electron chi connectivity index (χ2n) is 5.52. The number of nitrogens with one attached hydrogen (secondary N) is 1. The molecule has 0 heterocycles. The van der Waals surface area contributed by atoms with Crippen LogP contribution in [0.5, 0.6) is 5.75 Å². The zero-order valence-electron chi connectivity index (χ0n) is 11.7. The van der Waals surface area contributed by atoms with Gasteiger partial charge < -0.3 is 10.1 Å². The molecule has 0 aliphatic carbocycles. The molecule has 0 saturated carbocycles. The van der Waals surface area contributed by atoms with Crippen molar-refractivity contribution in [3.63, 3.8) is 0 Å². The fourth-order valence-corrected chi connectivity index (χ4v) is 1.61. The van der Waals surface area contributed by atoms with Gasteiger partial charge in [0.05, 0.1) is 6.61 Å². The van der Waals surface area contributed by atoms with E-state index in [0.717, 1.165) is 17.7 Å². The van der Waals surface area contributed by atoms with Gasteiger partial charge in [0, 0.05) is 12.0 Å². The Morgan fingerprint density at radius 1 is 1.28 bits per heavy atom. The lowest BCUT2D eigenvalue weighted by Crippen LogP contribution is -2.40. The summed E-state index contributed by atoms with van der Waals surface area (Å²) in [7, 11) is 0. The maximum absolute atomic E-state index is 11.6. The number of hydrogen-bond donors (Lipinski definition) is 1. The molecule has 18 heavy (non-hydrogen) atoms. The highest BCUT2D eigenvalue weighted by Gasteiger charge is 2.12. The number of benzene rings is 1. The van der Waals surface area contributed by atoms with Gasteiger partial charge in [-0.25, -0.2) is 0 Å². The lowest BCUT2D eigenvalue weighted by Gasteiger charge is -2.20. The van der Waals surface area contributed by atoms with Gasteiger partial charge in [0.25, 0.3) is 0 Å². The first-order valence-corrected chi connectivity index (χ1v) is 6.38. The molecule has 100 valence electrons. The maximum atomic E-state index is 11.6. The number of ether oxygens (including phenoxy) is 1. The van der Waals surface area contributed by atoms with Crippen LogP contribution in [0.15, 0.2) is 24.3 Å². The molecule has 1 rings (SSSR count). The molecule has 1 aromatic rings. The number of aryl methyl sites for hydroxylation is 1. The average molecular weight is 249 g/mol. The first-order valence-electron chi connectivity index (χ1n) is 6.38. The van der Waals surface area contributed by atoms with Crippen molar-refractivity contribution >= 4 is 5.91 Å². The first kappa shape index (κ1) is 14.6. The van der Waals surface area contributed by atoms with Gasteiger partial charge in [0.2, 0.25) is 5.91 Å². The van der Waals surface area contributed by atoms with Crippen LogP contribution in [-0.4, -0.2) is 18.1 Å². The van der Waals surface area contributed by atoms with Gasteiger partial charge >= 0.3 is 0 Å². The van der Waals surface area contributed by atoms with Crippen LogP contribution >= 0.6 is 0 Å². The van der Waals surface area contributed by atoms with Crippen molar-refractivity contribution < 1.29 is 9.53 Å². The van der Waals surface area contributed by atoms with E-state index in [2.05, 4.69) is 5.32 Å². The molecule has 0 aliphatic heterocycles. The standard InChI is InChI=1S/C15H23NO2/c1-12-8-5-6-9-13(12)18-11-7-10-14(17)16-15(2,3)4/h5-6,8-9H,7,10-11H2,1-4H3,(H,16,17). The second-order valence-corrected chi connectivity index (χ2v) is 5.52. The minimum Gasteiger partial charge on any atom is -0.493 e. The molecule has 1 N–H and O–H groups in total. The van der Waals surface area contributed by atoms with E-state index in [1.807, 2.05) is 52.0 Å². The fraction of sp³-hybridized carbons (Fsp3) is 0.533. The van der Waals surface area contributed by atoms with E-state index < -0.39 is 0 Å². The molecule has 0 atom stereocenters. The molecule has 1 aromatic carbocycles. The van der Waals surface area contributed by atoms with Crippen LogP contribution in [0.3, 0.4) is 0 Å². The Bertz CT molecular complexity index is 394. The molecule has 0 saturated heterocycles. The molecule has 0 bridgehead atoms. The van der Waals surface area contributed by atoms with Crippen molar-refractivity contribution in [3.05, 3.63) is 29.8 Å². The summed E-state index contributed by atoms with van der Waals surface area (Å²) in [5.74, 6) is 0.976. The van der Waals surface area contributed by atoms with Crippen molar-refractivity contribution in [2.24, 2.45) is 0 Å². The summed E-state index contributed by atoms with van der Waals surface area (Å²) < 4.78 is 5.64. The van der Waals surface area contributed by atoms with Gasteiger partial charge in [-0.2, -0.15) is 0 Å². The summed E-state index contributed by atoms with van der Waals surface area (Å²) in [6, 6.07) is 7.90. The number of amides is 1. The van der Waals surface area contributed by atoms with Gasteiger partial charge in [0.1, 0.15) is 5.75 Å². The highest BCUT2D eigenvalue weighted by Crippen LogP contribution is 2.16. The number of hydrogen-bond acceptors (Lipinski definition) is 2. The molecular weight excluding hydrogens is 226 g/mol. The predicted molar refractivity (Wildman–Crippen MR) is 73.8 cm³/mol. The monoisotopic (exact) mass is 249 g/mol. The smallest absolute Gasteiger partial charge is 0.220 e. The maximum Gasteiger partial charge on any atom is 0.220 e. The quantitative estimate of drug-likeness (QED) is 0.814. The van der Waals surface area contributed by atoms with E-state index in [4.69, 9.17) is 4.74 Å². The molecule has 3 heteroatoms. The van der Waals surface area contributed by atoms with Gasteiger partial charge in [-0.15, -0.1) is 0 Å². The molecule has 0 unspecified atom stereocenters. The third-order valence-electron chi connectivity index (χ3n) is 2.41. The van der Waals surface area contributed by atoms with E-state index >= 15 is 0 Å². The first-order chi connectivity index (χ1) is 8.38. The van der Waals surface area contributed by atoms with Crippen LogP contribution in [0.1, 0.15) is 39.2 Å². The Hall–Kier alpha value is -1.51. The van der Waals surface area contributed by atoms with Gasteiger partial charge in [-0.05, 0) is 45.7 Å². The SMILES string of the molecule is Cc1ccccc1OCCCC(=O)NC(C)(C)C. The number of carbonyl (C=O) groups excluding carboxylic acids is 1. The number of rotatable bonds is 5. The van der Waals surface area contributed by atoms with Crippen molar-refractivity contribution in [3.8, 4) is 5.75 Å². The molecular formula is C15H23NO2. The topological polar surface area (TPSA) is 38.3 Å². The van der Waals surface area contributed by atoms with E-state index in [1.54, 1.807) is 0 Å². The van der Waals surface area contributed by atoms with E-state index in [-0.39, 0.29) is 11.4 Å². The molecule has 0 spiro atoms. The van der Waals surface area contributed by atoms with Crippen molar-refractivity contribution in [2.75, 3.05) is 6.61 Å².